The second kappa shape index (κ2) is 21.2. The number of aliphatic hydroxyl groups excluding tert-OH is 1. The van der Waals surface area contributed by atoms with Crippen LogP contribution in [0, 0.1) is 0 Å². The Morgan fingerprint density at radius 3 is 1.58 bits per heavy atom. The number of hydrogen-bond donors (Lipinski definition) is 1. The summed E-state index contributed by atoms with van der Waals surface area (Å²) in [6, 6.07) is 0. The smallest absolute Gasteiger partial charge is 0.545 e. The van der Waals surface area contributed by atoms with Gasteiger partial charge in [0.1, 0.15) is 0 Å². The predicted molar refractivity (Wildman–Crippen MR) is 95.1 cm³/mol. The zero-order chi connectivity index (χ0) is 17.2. The second-order valence-corrected chi connectivity index (χ2v) is 6.63. The van der Waals surface area contributed by atoms with E-state index < -0.39 is 12.1 Å². The van der Waals surface area contributed by atoms with Crippen LogP contribution in [0.3, 0.4) is 0 Å². The van der Waals surface area contributed by atoms with Gasteiger partial charge < -0.3 is 15.0 Å². The Hall–Kier alpha value is 0.170. The Kier molecular flexibility index (Phi) is 23.3. The molecule has 0 saturated heterocycles. The summed E-state index contributed by atoms with van der Waals surface area (Å²) in [5, 5.41) is 19.7. The number of aliphatic carboxylic acids is 1. The molecule has 1 unspecified atom stereocenters. The van der Waals surface area contributed by atoms with Crippen molar-refractivity contribution in [3.8, 4) is 0 Å². The summed E-state index contributed by atoms with van der Waals surface area (Å²) >= 11 is 0. The number of carboxylic acids is 1. The van der Waals surface area contributed by atoms with Crippen molar-refractivity contribution in [2.45, 2.75) is 109 Å². The van der Waals surface area contributed by atoms with Gasteiger partial charge in [-0.3, -0.25) is 0 Å². The van der Waals surface area contributed by atoms with Gasteiger partial charge in [0.05, 0.1) is 12.1 Å². The maximum absolute atomic E-state index is 10.2. The summed E-state index contributed by atoms with van der Waals surface area (Å²) in [6.07, 6.45) is 20.6. The van der Waals surface area contributed by atoms with Crippen LogP contribution in [0.4, 0.5) is 0 Å². The molecule has 0 aliphatic carbocycles. The van der Waals surface area contributed by atoms with E-state index in [4.69, 9.17) is 0 Å². The van der Waals surface area contributed by atoms with E-state index in [0.717, 1.165) is 18.9 Å². The number of unbranched alkanes of at least 4 members (excludes halogenated alkanes) is 13. The van der Waals surface area contributed by atoms with Crippen molar-refractivity contribution in [1.29, 1.82) is 0 Å². The second-order valence-electron chi connectivity index (χ2n) is 6.63. The Morgan fingerprint density at radius 1 is 0.833 bits per heavy atom. The van der Waals surface area contributed by atoms with Gasteiger partial charge in [0.2, 0.25) is 0 Å². The third-order valence-corrected chi connectivity index (χ3v) is 4.31. The van der Waals surface area contributed by atoms with Crippen molar-refractivity contribution in [2.24, 2.45) is 0 Å². The number of carbonyl (C=O) groups excluding carboxylic acids is 1. The van der Waals surface area contributed by atoms with Gasteiger partial charge in [-0.05, 0) is 12.5 Å². The predicted octanol–water partition coefficient (Wildman–Crippen LogP) is 1.53. The number of rotatable bonds is 17. The van der Waals surface area contributed by atoms with Crippen LogP contribution >= 0.6 is 0 Å². The standard InChI is InChI=1S/C20H38O3.Na/c1-2-3-4-5-6-7-8-9-10-11-12-13-14-15-16-19(21)17-18-20(22)23;/h17-19,21H,2-16H2,1H3,(H,22,23);/q;+1/p-1. The van der Waals surface area contributed by atoms with E-state index in [1.54, 1.807) is 0 Å². The van der Waals surface area contributed by atoms with E-state index >= 15 is 0 Å². The number of carboxylic acid groups (broad SMARTS) is 1. The molecular weight excluding hydrogens is 311 g/mol. The summed E-state index contributed by atoms with van der Waals surface area (Å²) in [7, 11) is 0. The van der Waals surface area contributed by atoms with Crippen molar-refractivity contribution in [3.05, 3.63) is 12.2 Å². The molecule has 3 nitrogen and oxygen atoms in total. The van der Waals surface area contributed by atoms with Crippen LogP contribution < -0.4 is 34.7 Å². The topological polar surface area (TPSA) is 60.4 Å². The van der Waals surface area contributed by atoms with Crippen molar-refractivity contribution >= 4 is 5.97 Å². The van der Waals surface area contributed by atoms with Gasteiger partial charge in [0.25, 0.3) is 0 Å². The molecule has 0 saturated carbocycles. The summed E-state index contributed by atoms with van der Waals surface area (Å²) in [4.78, 5) is 10.2. The first kappa shape index (κ1) is 26.4. The van der Waals surface area contributed by atoms with Gasteiger partial charge in [-0.2, -0.15) is 0 Å². The van der Waals surface area contributed by atoms with Crippen LogP contribution in [0.2, 0.25) is 0 Å². The summed E-state index contributed by atoms with van der Waals surface area (Å²) in [5.41, 5.74) is 0. The van der Waals surface area contributed by atoms with Crippen molar-refractivity contribution in [3.63, 3.8) is 0 Å². The summed E-state index contributed by atoms with van der Waals surface area (Å²) < 4.78 is 0. The molecule has 0 heterocycles. The number of aliphatic hydroxyl groups is 1. The minimum atomic E-state index is -1.25. The number of hydrogen-bond acceptors (Lipinski definition) is 3. The molecule has 0 spiro atoms. The van der Waals surface area contributed by atoms with Crippen LogP contribution in [0.25, 0.3) is 0 Å². The molecule has 0 rings (SSSR count). The molecule has 0 aromatic heterocycles. The molecule has 0 aliphatic heterocycles. The molecule has 0 fully saturated rings. The Bertz CT molecular complexity index is 293. The third kappa shape index (κ3) is 22.2. The van der Waals surface area contributed by atoms with E-state index in [0.29, 0.717) is 6.42 Å². The summed E-state index contributed by atoms with van der Waals surface area (Å²) in [5.74, 6) is -1.25. The average Bonchev–Trinajstić information content (AvgIpc) is 2.53. The average molecular weight is 349 g/mol. The molecule has 0 amide bonds. The first-order chi connectivity index (χ1) is 11.2. The van der Waals surface area contributed by atoms with E-state index in [1.807, 2.05) is 0 Å². The van der Waals surface area contributed by atoms with Crippen molar-refractivity contribution < 1.29 is 44.6 Å². The van der Waals surface area contributed by atoms with Gasteiger partial charge >= 0.3 is 29.6 Å². The van der Waals surface area contributed by atoms with Crippen LogP contribution in [0.1, 0.15) is 103 Å². The van der Waals surface area contributed by atoms with Crippen molar-refractivity contribution in [1.82, 2.24) is 0 Å². The number of carbonyl (C=O) groups is 1. The van der Waals surface area contributed by atoms with E-state index in [1.165, 1.54) is 83.1 Å². The van der Waals surface area contributed by atoms with E-state index in [2.05, 4.69) is 6.92 Å². The zero-order valence-electron chi connectivity index (χ0n) is 16.1. The van der Waals surface area contributed by atoms with Gasteiger partial charge in [-0.25, -0.2) is 0 Å². The first-order valence-corrected chi connectivity index (χ1v) is 9.74. The van der Waals surface area contributed by atoms with Gasteiger partial charge in [0, 0.05) is 0 Å². The fourth-order valence-electron chi connectivity index (χ4n) is 2.83. The maximum atomic E-state index is 10.2. The normalized spacial score (nSPS) is 12.2. The molecular formula is C20H37NaO3. The maximum Gasteiger partial charge on any atom is 1.00 e. The largest absolute Gasteiger partial charge is 1.00 e. The Morgan fingerprint density at radius 2 is 1.21 bits per heavy atom. The molecule has 24 heavy (non-hydrogen) atoms. The molecule has 4 heteroatoms. The SMILES string of the molecule is CCCCCCCCCCCCCCCCC(O)C=CC(=O)[O-].[Na+]. The van der Waals surface area contributed by atoms with Crippen LogP contribution in [-0.4, -0.2) is 17.2 Å². The molecule has 0 aromatic carbocycles. The molecule has 0 aromatic rings. The fraction of sp³-hybridized carbons (Fsp3) is 0.850. The molecule has 136 valence electrons. The Labute approximate surface area is 171 Å². The van der Waals surface area contributed by atoms with Gasteiger partial charge in [0.15, 0.2) is 0 Å². The third-order valence-electron chi connectivity index (χ3n) is 4.31. The fourth-order valence-corrected chi connectivity index (χ4v) is 2.83. The molecule has 0 radical (unpaired) electrons. The first-order valence-electron chi connectivity index (χ1n) is 9.74. The molecule has 0 aliphatic rings. The minimum absolute atomic E-state index is 0. The van der Waals surface area contributed by atoms with Crippen LogP contribution in [0.5, 0.6) is 0 Å². The van der Waals surface area contributed by atoms with E-state index in [9.17, 15) is 15.0 Å². The monoisotopic (exact) mass is 348 g/mol. The zero-order valence-corrected chi connectivity index (χ0v) is 18.1. The van der Waals surface area contributed by atoms with Crippen LogP contribution in [0.15, 0.2) is 12.2 Å². The molecule has 0 bridgehead atoms. The minimum Gasteiger partial charge on any atom is -0.545 e. The van der Waals surface area contributed by atoms with Crippen LogP contribution in [-0.2, 0) is 4.79 Å². The van der Waals surface area contributed by atoms with E-state index in [-0.39, 0.29) is 29.6 Å². The summed E-state index contributed by atoms with van der Waals surface area (Å²) in [6.45, 7) is 2.26. The molecule has 1 N–H and O–H groups in total. The Balaban J connectivity index is 0. The molecule has 1 atom stereocenters. The van der Waals surface area contributed by atoms with Crippen molar-refractivity contribution in [2.75, 3.05) is 0 Å². The van der Waals surface area contributed by atoms with Gasteiger partial charge in [-0.15, -0.1) is 0 Å². The van der Waals surface area contributed by atoms with Gasteiger partial charge in [-0.1, -0.05) is 103 Å². The quantitative estimate of drug-likeness (QED) is 0.246.